The number of nitrogens with zero attached hydrogens (tertiary/aromatic N) is 2. The quantitative estimate of drug-likeness (QED) is 0.779. The fraction of sp³-hybridized carbons (Fsp3) is 0.750. The Hall–Kier alpha value is -0.960. The summed E-state index contributed by atoms with van der Waals surface area (Å²) < 4.78 is 47.0. The second-order valence-corrected chi connectivity index (χ2v) is 10.2. The van der Waals surface area contributed by atoms with E-state index in [1.54, 1.807) is 6.92 Å². The fourth-order valence-corrected chi connectivity index (χ4v) is 6.15. The molecule has 1 saturated carbocycles. The van der Waals surface area contributed by atoms with Gasteiger partial charge in [-0.2, -0.15) is 8.78 Å². The summed E-state index contributed by atoms with van der Waals surface area (Å²) in [5.41, 5.74) is 0.423. The van der Waals surface area contributed by atoms with Crippen LogP contribution in [0.25, 0.3) is 0 Å². The fourth-order valence-electron chi connectivity index (χ4n) is 4.61. The monoisotopic (exact) mass is 413 g/mol. The van der Waals surface area contributed by atoms with Crippen LogP contribution in [0.3, 0.4) is 0 Å². The summed E-state index contributed by atoms with van der Waals surface area (Å²) in [6.07, 6.45) is 4.55. The minimum atomic E-state index is -2.98. The molecule has 0 radical (unpaired) electrons. The molecule has 0 aromatic carbocycles. The van der Waals surface area contributed by atoms with E-state index in [4.69, 9.17) is 4.74 Å². The molecular weight excluding hydrogens is 384 g/mol. The molecule has 4 rings (SSSR count). The van der Waals surface area contributed by atoms with E-state index in [9.17, 15) is 13.0 Å². The average molecular weight is 414 g/mol. The van der Waals surface area contributed by atoms with Gasteiger partial charge in [0.25, 0.3) is 5.92 Å². The van der Waals surface area contributed by atoms with E-state index in [1.165, 1.54) is 12.1 Å². The third-order valence-electron chi connectivity index (χ3n) is 6.33. The van der Waals surface area contributed by atoms with Crippen LogP contribution in [0.5, 0.6) is 0 Å². The lowest BCUT2D eigenvalue weighted by Crippen LogP contribution is -2.66. The van der Waals surface area contributed by atoms with Crippen LogP contribution in [-0.4, -0.2) is 52.4 Å². The van der Waals surface area contributed by atoms with Gasteiger partial charge in [0.15, 0.2) is 0 Å². The first-order valence-electron chi connectivity index (χ1n) is 10.1. The summed E-state index contributed by atoms with van der Waals surface area (Å²) in [5.74, 6) is -2.26. The number of aryl methyl sites for hydroxylation is 1. The molecule has 2 saturated heterocycles. The highest BCUT2D eigenvalue weighted by atomic mass is 32.2. The molecule has 0 amide bonds. The average Bonchev–Trinajstić information content (AvgIpc) is 2.58. The van der Waals surface area contributed by atoms with Gasteiger partial charge in [-0.3, -0.25) is 4.98 Å². The van der Waals surface area contributed by atoms with Gasteiger partial charge >= 0.3 is 0 Å². The summed E-state index contributed by atoms with van der Waals surface area (Å²) in [6, 6.07) is 3.39. The number of rotatable bonds is 6. The van der Waals surface area contributed by atoms with E-state index in [1.807, 2.05) is 4.31 Å². The molecule has 2 aliphatic heterocycles. The maximum Gasteiger partial charge on any atom is 0.286 e. The van der Waals surface area contributed by atoms with Crippen molar-refractivity contribution in [3.05, 3.63) is 23.5 Å². The first-order valence-corrected chi connectivity index (χ1v) is 11.2. The highest BCUT2D eigenvalue weighted by Crippen LogP contribution is 2.49. The summed E-state index contributed by atoms with van der Waals surface area (Å²) in [4.78, 5) is 4.51. The summed E-state index contributed by atoms with van der Waals surface area (Å²) >= 11 is 0. The molecule has 3 aliphatic rings. The number of ether oxygens (including phenoxy) is 1. The Labute approximate surface area is 167 Å². The van der Waals surface area contributed by atoms with Crippen molar-refractivity contribution >= 4 is 11.0 Å². The molecule has 1 aliphatic carbocycles. The number of alkyl halides is 2. The molecule has 156 valence electrons. The van der Waals surface area contributed by atoms with Crippen LogP contribution in [0.2, 0.25) is 0 Å². The summed E-state index contributed by atoms with van der Waals surface area (Å²) in [6.45, 7) is 6.92. The first kappa shape index (κ1) is 20.3. The van der Waals surface area contributed by atoms with Gasteiger partial charge in [0.2, 0.25) is 0 Å². The smallest absolute Gasteiger partial charge is 0.286 e. The highest BCUT2D eigenvalue weighted by molar-refractivity contribution is 7.82. The van der Waals surface area contributed by atoms with Crippen LogP contribution >= 0.6 is 0 Å². The molecule has 1 aromatic rings. The lowest BCUT2D eigenvalue weighted by atomic mass is 9.61. The van der Waals surface area contributed by atoms with Crippen LogP contribution < -0.4 is 5.32 Å². The Bertz CT molecular complexity index is 735. The van der Waals surface area contributed by atoms with Crippen molar-refractivity contribution in [1.29, 1.82) is 0 Å². The second kappa shape index (κ2) is 7.70. The van der Waals surface area contributed by atoms with Gasteiger partial charge < -0.3 is 10.1 Å². The van der Waals surface area contributed by atoms with Crippen molar-refractivity contribution < 1.29 is 17.7 Å². The van der Waals surface area contributed by atoms with Crippen molar-refractivity contribution in [2.24, 2.45) is 11.3 Å². The maximum atomic E-state index is 13.4. The minimum Gasteiger partial charge on any atom is -0.381 e. The molecule has 8 heteroatoms. The number of hydrogen-bond acceptors (Lipinski definition) is 4. The Balaban J connectivity index is 1.25. The SMILES string of the molecule is Cc1nc(C(C)(F)F)ccc1S(=O)N1CC2(CC(NCC3CCOCC3)C2)C1. The van der Waals surface area contributed by atoms with Crippen LogP contribution in [0.1, 0.15) is 44.0 Å². The van der Waals surface area contributed by atoms with E-state index in [0.29, 0.717) is 16.6 Å². The Kier molecular flexibility index (Phi) is 5.59. The zero-order valence-electron chi connectivity index (χ0n) is 16.5. The molecule has 5 nitrogen and oxygen atoms in total. The van der Waals surface area contributed by atoms with Crippen molar-refractivity contribution in [3.8, 4) is 0 Å². The predicted molar refractivity (Wildman–Crippen MR) is 104 cm³/mol. The number of halogens is 2. The van der Waals surface area contributed by atoms with Gasteiger partial charge in [-0.1, -0.05) is 0 Å². The number of aromatic nitrogens is 1. The summed E-state index contributed by atoms with van der Waals surface area (Å²) in [7, 11) is -1.33. The van der Waals surface area contributed by atoms with Crippen LogP contribution in [0.15, 0.2) is 17.0 Å². The highest BCUT2D eigenvalue weighted by Gasteiger charge is 2.53. The Morgan fingerprint density at radius 3 is 2.61 bits per heavy atom. The molecule has 1 unspecified atom stereocenters. The molecule has 1 spiro atoms. The van der Waals surface area contributed by atoms with Crippen molar-refractivity contribution in [2.75, 3.05) is 32.8 Å². The van der Waals surface area contributed by atoms with Gasteiger partial charge in [-0.05, 0) is 57.2 Å². The maximum absolute atomic E-state index is 13.4. The van der Waals surface area contributed by atoms with E-state index < -0.39 is 16.9 Å². The molecule has 1 N–H and O–H groups in total. The third kappa shape index (κ3) is 4.15. The van der Waals surface area contributed by atoms with E-state index in [0.717, 1.165) is 71.4 Å². The Morgan fingerprint density at radius 1 is 1.32 bits per heavy atom. The van der Waals surface area contributed by atoms with Crippen LogP contribution in [0, 0.1) is 18.3 Å². The van der Waals surface area contributed by atoms with Gasteiger partial charge in [0.05, 0.1) is 10.6 Å². The van der Waals surface area contributed by atoms with Gasteiger partial charge in [-0.25, -0.2) is 8.51 Å². The predicted octanol–water partition coefficient (Wildman–Crippen LogP) is 3.00. The molecule has 0 bridgehead atoms. The van der Waals surface area contributed by atoms with Gasteiger partial charge in [0, 0.05) is 44.7 Å². The lowest BCUT2D eigenvalue weighted by molar-refractivity contribution is -0.0336. The molecule has 1 atom stereocenters. The van der Waals surface area contributed by atoms with E-state index in [-0.39, 0.29) is 11.1 Å². The van der Waals surface area contributed by atoms with Gasteiger partial charge in [0.1, 0.15) is 16.7 Å². The van der Waals surface area contributed by atoms with Crippen LogP contribution in [0.4, 0.5) is 8.78 Å². The lowest BCUT2D eigenvalue weighted by Gasteiger charge is -2.58. The third-order valence-corrected chi connectivity index (χ3v) is 7.86. The Morgan fingerprint density at radius 2 is 2.00 bits per heavy atom. The van der Waals surface area contributed by atoms with Gasteiger partial charge in [-0.15, -0.1) is 0 Å². The van der Waals surface area contributed by atoms with Crippen molar-refractivity contribution in [1.82, 2.24) is 14.6 Å². The number of nitrogens with one attached hydrogen (secondary N) is 1. The molecule has 28 heavy (non-hydrogen) atoms. The van der Waals surface area contributed by atoms with E-state index >= 15 is 0 Å². The largest absolute Gasteiger partial charge is 0.381 e. The number of hydrogen-bond donors (Lipinski definition) is 1. The molecule has 3 fully saturated rings. The molecular formula is C20H29F2N3O2S. The normalized spacial score (nSPS) is 24.7. The van der Waals surface area contributed by atoms with Crippen molar-refractivity contribution in [2.45, 2.75) is 56.4 Å². The minimum absolute atomic E-state index is 0.275. The van der Waals surface area contributed by atoms with E-state index in [2.05, 4.69) is 10.3 Å². The molecule has 1 aromatic heterocycles. The van der Waals surface area contributed by atoms with Crippen LogP contribution in [-0.2, 0) is 21.6 Å². The number of pyridine rings is 1. The zero-order valence-corrected chi connectivity index (χ0v) is 17.4. The second-order valence-electron chi connectivity index (χ2n) is 8.78. The van der Waals surface area contributed by atoms with Crippen molar-refractivity contribution in [3.63, 3.8) is 0 Å². The zero-order chi connectivity index (χ0) is 19.9. The summed E-state index contributed by atoms with van der Waals surface area (Å²) in [5, 5.41) is 3.69. The molecule has 3 heterocycles. The first-order chi connectivity index (χ1) is 13.3. The topological polar surface area (TPSA) is 54.5 Å². The standard InChI is InChI=1S/C20H29F2N3O2S/c1-14-17(3-4-18(24-14)19(2,21)22)28(26)25-12-20(13-25)9-16(10-20)23-11-15-5-7-27-8-6-15/h3-4,15-16,23H,5-13H2,1-2H3.